The number of furan rings is 1. The minimum absolute atomic E-state index is 0.0394. The van der Waals surface area contributed by atoms with Crippen molar-refractivity contribution in [2.45, 2.75) is 33.4 Å². The molecule has 25 heavy (non-hydrogen) atoms. The molecule has 0 radical (unpaired) electrons. The Morgan fingerprint density at radius 3 is 2.24 bits per heavy atom. The van der Waals surface area contributed by atoms with Gasteiger partial charge in [-0.1, -0.05) is 0 Å². The molecule has 1 rings (SSSR count). The molecule has 10 heteroatoms. The summed E-state index contributed by atoms with van der Waals surface area (Å²) in [6.07, 6.45) is 2.70. The zero-order valence-electron chi connectivity index (χ0n) is 14.8. The lowest BCUT2D eigenvalue weighted by Crippen LogP contribution is -2.32. The molecule has 2 unspecified atom stereocenters. The van der Waals surface area contributed by atoms with Crippen LogP contribution in [0.3, 0.4) is 0 Å². The standard InChI is InChI=1S/C15H24NO8P/c1-5-22-15(17)12(8-16(18)19)14(13-10-21-9-11(13)4)25(20,23-6-2)24-7-3/h9-10,12,14H,5-8H2,1-4H3. The number of nitro groups is 1. The Morgan fingerprint density at radius 1 is 1.24 bits per heavy atom. The number of rotatable bonds is 11. The van der Waals surface area contributed by atoms with Crippen LogP contribution >= 0.6 is 7.60 Å². The molecule has 1 aromatic heterocycles. The third kappa shape index (κ3) is 5.39. The van der Waals surface area contributed by atoms with Gasteiger partial charge in [-0.3, -0.25) is 19.5 Å². The van der Waals surface area contributed by atoms with Gasteiger partial charge in [0.25, 0.3) is 0 Å². The molecule has 0 amide bonds. The van der Waals surface area contributed by atoms with Gasteiger partial charge in [0, 0.05) is 10.5 Å². The number of esters is 1. The van der Waals surface area contributed by atoms with Gasteiger partial charge in [0.15, 0.2) is 0 Å². The number of hydrogen-bond donors (Lipinski definition) is 0. The summed E-state index contributed by atoms with van der Waals surface area (Å²) in [5.74, 6) is -2.17. The third-order valence-electron chi connectivity index (χ3n) is 3.49. The Hall–Kier alpha value is -1.70. The lowest BCUT2D eigenvalue weighted by atomic mass is 9.98. The van der Waals surface area contributed by atoms with E-state index in [0.29, 0.717) is 11.1 Å². The Labute approximate surface area is 146 Å². The molecular formula is C15H24NO8P. The summed E-state index contributed by atoms with van der Waals surface area (Å²) >= 11 is 0. The molecule has 0 saturated carbocycles. The topological polar surface area (TPSA) is 118 Å². The Balaban J connectivity index is 3.50. The Kier molecular flexibility index (Phi) is 8.28. The molecule has 0 fully saturated rings. The second-order valence-corrected chi connectivity index (χ2v) is 7.36. The van der Waals surface area contributed by atoms with Gasteiger partial charge in [0.2, 0.25) is 6.54 Å². The molecule has 0 saturated heterocycles. The first-order chi connectivity index (χ1) is 11.8. The van der Waals surface area contributed by atoms with Crippen molar-refractivity contribution in [1.82, 2.24) is 0 Å². The van der Waals surface area contributed by atoms with Crippen molar-refractivity contribution in [2.24, 2.45) is 5.92 Å². The van der Waals surface area contributed by atoms with Gasteiger partial charge in [-0.15, -0.1) is 0 Å². The average molecular weight is 377 g/mol. The SMILES string of the molecule is CCOC(=O)C(C[N+](=O)[O-])C(c1cocc1C)P(=O)(OCC)OCC. The van der Waals surface area contributed by atoms with Crippen molar-refractivity contribution >= 4 is 13.6 Å². The van der Waals surface area contributed by atoms with Crippen LogP contribution in [0, 0.1) is 23.0 Å². The van der Waals surface area contributed by atoms with Gasteiger partial charge in [-0.05, 0) is 33.3 Å². The molecule has 0 aromatic carbocycles. The second kappa shape index (κ2) is 9.70. The van der Waals surface area contributed by atoms with Gasteiger partial charge in [-0.2, -0.15) is 0 Å². The van der Waals surface area contributed by atoms with Crippen LogP contribution in [0.4, 0.5) is 0 Å². The molecule has 0 bridgehead atoms. The highest BCUT2D eigenvalue weighted by Crippen LogP contribution is 2.64. The molecule has 0 N–H and O–H groups in total. The van der Waals surface area contributed by atoms with E-state index >= 15 is 0 Å². The van der Waals surface area contributed by atoms with Gasteiger partial charge in [0.05, 0.1) is 32.3 Å². The van der Waals surface area contributed by atoms with Crippen LogP contribution in [0.5, 0.6) is 0 Å². The number of carbonyl (C=O) groups is 1. The zero-order chi connectivity index (χ0) is 19.0. The fraction of sp³-hybridized carbons (Fsp3) is 0.667. The highest BCUT2D eigenvalue weighted by molar-refractivity contribution is 7.54. The van der Waals surface area contributed by atoms with E-state index in [1.165, 1.54) is 12.5 Å². The van der Waals surface area contributed by atoms with Crippen molar-refractivity contribution in [2.75, 3.05) is 26.4 Å². The van der Waals surface area contributed by atoms with Crippen LogP contribution in [0.2, 0.25) is 0 Å². The molecule has 142 valence electrons. The smallest absolute Gasteiger partial charge is 0.339 e. The molecular weight excluding hydrogens is 353 g/mol. The summed E-state index contributed by atoms with van der Waals surface area (Å²) in [5.41, 5.74) is -0.247. The molecule has 0 spiro atoms. The summed E-state index contributed by atoms with van der Waals surface area (Å²) in [6.45, 7) is 5.90. The predicted octanol–water partition coefficient (Wildman–Crippen LogP) is 3.35. The number of aryl methyl sites for hydroxylation is 1. The fourth-order valence-corrected chi connectivity index (χ4v) is 4.93. The molecule has 0 aliphatic rings. The summed E-state index contributed by atoms with van der Waals surface area (Å²) in [4.78, 5) is 22.9. The highest BCUT2D eigenvalue weighted by Gasteiger charge is 2.49. The van der Waals surface area contributed by atoms with Crippen LogP contribution in [0.15, 0.2) is 16.9 Å². The average Bonchev–Trinajstić information content (AvgIpc) is 2.93. The van der Waals surface area contributed by atoms with E-state index in [1.54, 1.807) is 27.7 Å². The molecule has 0 aliphatic heterocycles. The van der Waals surface area contributed by atoms with E-state index in [0.717, 1.165) is 0 Å². The molecule has 9 nitrogen and oxygen atoms in total. The van der Waals surface area contributed by atoms with E-state index in [2.05, 4.69) is 0 Å². The minimum atomic E-state index is -3.90. The summed E-state index contributed by atoms with van der Waals surface area (Å²) in [7, 11) is -3.90. The fourth-order valence-electron chi connectivity index (χ4n) is 2.55. The van der Waals surface area contributed by atoms with E-state index < -0.39 is 36.6 Å². The van der Waals surface area contributed by atoms with Gasteiger partial charge < -0.3 is 18.2 Å². The van der Waals surface area contributed by atoms with Crippen LogP contribution in [-0.2, 0) is 23.1 Å². The number of nitrogens with zero attached hydrogens (tertiary/aromatic N) is 1. The summed E-state index contributed by atoms with van der Waals surface area (Å²) in [5, 5.41) is 11.1. The second-order valence-electron chi connectivity index (χ2n) is 5.20. The van der Waals surface area contributed by atoms with Crippen LogP contribution < -0.4 is 0 Å². The largest absolute Gasteiger partial charge is 0.472 e. The predicted molar refractivity (Wildman–Crippen MR) is 89.0 cm³/mol. The van der Waals surface area contributed by atoms with E-state index in [1.807, 2.05) is 0 Å². The molecule has 2 atom stereocenters. The van der Waals surface area contributed by atoms with E-state index in [-0.39, 0.29) is 19.8 Å². The minimum Gasteiger partial charge on any atom is -0.472 e. The summed E-state index contributed by atoms with van der Waals surface area (Å²) < 4.78 is 34.2. The quantitative estimate of drug-likeness (QED) is 0.249. The maximum absolute atomic E-state index is 13.4. The van der Waals surface area contributed by atoms with Gasteiger partial charge in [-0.25, -0.2) is 0 Å². The van der Waals surface area contributed by atoms with Crippen LogP contribution in [0.1, 0.15) is 37.6 Å². The molecule has 0 aliphatic carbocycles. The first-order valence-corrected chi connectivity index (χ1v) is 9.61. The lowest BCUT2D eigenvalue weighted by Gasteiger charge is -2.29. The lowest BCUT2D eigenvalue weighted by molar-refractivity contribution is -0.486. The van der Waals surface area contributed by atoms with Crippen molar-refractivity contribution < 1.29 is 32.5 Å². The summed E-state index contributed by atoms with van der Waals surface area (Å²) in [6, 6.07) is 0. The maximum atomic E-state index is 13.4. The van der Waals surface area contributed by atoms with Crippen molar-refractivity contribution in [1.29, 1.82) is 0 Å². The first kappa shape index (κ1) is 21.3. The van der Waals surface area contributed by atoms with Crippen molar-refractivity contribution in [3.05, 3.63) is 33.8 Å². The Morgan fingerprint density at radius 2 is 1.84 bits per heavy atom. The highest BCUT2D eigenvalue weighted by atomic mass is 31.2. The van der Waals surface area contributed by atoms with Gasteiger partial charge >= 0.3 is 13.6 Å². The number of ether oxygens (including phenoxy) is 1. The zero-order valence-corrected chi connectivity index (χ0v) is 15.7. The molecule has 1 heterocycles. The first-order valence-electron chi connectivity index (χ1n) is 8.00. The van der Waals surface area contributed by atoms with E-state index in [9.17, 15) is 19.5 Å². The number of carbonyl (C=O) groups excluding carboxylic acids is 1. The third-order valence-corrected chi connectivity index (χ3v) is 6.04. The van der Waals surface area contributed by atoms with Crippen LogP contribution in [0.25, 0.3) is 0 Å². The van der Waals surface area contributed by atoms with Crippen molar-refractivity contribution in [3.8, 4) is 0 Å². The number of hydrogen-bond acceptors (Lipinski definition) is 8. The Bertz CT molecular complexity index is 619. The molecule has 1 aromatic rings. The normalized spacial score (nSPS) is 14.1. The van der Waals surface area contributed by atoms with Gasteiger partial charge in [0.1, 0.15) is 11.6 Å². The monoisotopic (exact) mass is 377 g/mol. The van der Waals surface area contributed by atoms with Crippen LogP contribution in [-0.4, -0.2) is 37.3 Å². The van der Waals surface area contributed by atoms with E-state index in [4.69, 9.17) is 18.2 Å². The van der Waals surface area contributed by atoms with Crippen molar-refractivity contribution in [3.63, 3.8) is 0 Å². The maximum Gasteiger partial charge on any atom is 0.339 e.